The van der Waals surface area contributed by atoms with Crippen molar-refractivity contribution in [1.29, 1.82) is 0 Å². The summed E-state index contributed by atoms with van der Waals surface area (Å²) in [5.41, 5.74) is 1.89. The maximum absolute atomic E-state index is 8.88. The molecule has 0 aromatic carbocycles. The second-order valence-corrected chi connectivity index (χ2v) is 2.39. The second kappa shape index (κ2) is 2.36. The lowest BCUT2D eigenvalue weighted by Crippen LogP contribution is -1.78. The van der Waals surface area contributed by atoms with E-state index in [-0.39, 0.29) is 6.61 Å². The second-order valence-electron chi connectivity index (χ2n) is 2.39. The van der Waals surface area contributed by atoms with E-state index < -0.39 is 0 Å². The zero-order chi connectivity index (χ0) is 7.68. The number of rotatable bonds is 1. The van der Waals surface area contributed by atoms with Crippen molar-refractivity contribution < 1.29 is 5.11 Å². The van der Waals surface area contributed by atoms with Gasteiger partial charge in [-0.15, -0.1) is 0 Å². The van der Waals surface area contributed by atoms with E-state index in [0.717, 1.165) is 16.5 Å². The van der Waals surface area contributed by atoms with Gasteiger partial charge in [0.05, 0.1) is 18.3 Å². The van der Waals surface area contributed by atoms with E-state index in [4.69, 9.17) is 5.11 Å². The van der Waals surface area contributed by atoms with Crippen LogP contribution in [0.25, 0.3) is 10.9 Å². The summed E-state index contributed by atoms with van der Waals surface area (Å²) >= 11 is 0. The molecule has 0 aliphatic heterocycles. The minimum absolute atomic E-state index is 0.0734. The van der Waals surface area contributed by atoms with Crippen LogP contribution in [0.4, 0.5) is 0 Å². The minimum Gasteiger partial charge on any atom is -0.392 e. The van der Waals surface area contributed by atoms with Gasteiger partial charge in [-0.25, -0.2) is 0 Å². The van der Waals surface area contributed by atoms with Crippen LogP contribution in [0.2, 0.25) is 0 Å². The van der Waals surface area contributed by atoms with E-state index in [1.54, 1.807) is 18.6 Å². The maximum Gasteiger partial charge on any atom is 0.0702 e. The molecule has 2 heterocycles. The molecule has 56 valence electrons. The number of H-pyrrole nitrogens is 1. The quantitative estimate of drug-likeness (QED) is 0.635. The van der Waals surface area contributed by atoms with Gasteiger partial charge in [0, 0.05) is 23.3 Å². The topological polar surface area (TPSA) is 48.9 Å². The van der Waals surface area contributed by atoms with Crippen molar-refractivity contribution in [3.63, 3.8) is 0 Å². The molecule has 2 aromatic rings. The number of pyridine rings is 1. The van der Waals surface area contributed by atoms with Gasteiger partial charge in [-0.1, -0.05) is 0 Å². The van der Waals surface area contributed by atoms with Crippen molar-refractivity contribution in [3.05, 3.63) is 30.2 Å². The standard InChI is InChI=1S/C8H8N2O/c11-5-6-3-10-8-4-9-2-1-7(6)8/h1-4,10-11H,5H2. The number of aromatic nitrogens is 2. The molecule has 0 amide bonds. The van der Waals surface area contributed by atoms with Crippen molar-refractivity contribution >= 4 is 10.9 Å². The van der Waals surface area contributed by atoms with Crippen LogP contribution in [-0.2, 0) is 6.61 Å². The molecular weight excluding hydrogens is 140 g/mol. The van der Waals surface area contributed by atoms with Crippen molar-refractivity contribution in [2.75, 3.05) is 0 Å². The van der Waals surface area contributed by atoms with Gasteiger partial charge in [0.25, 0.3) is 0 Å². The van der Waals surface area contributed by atoms with E-state index in [1.165, 1.54) is 0 Å². The number of hydrogen-bond acceptors (Lipinski definition) is 2. The number of fused-ring (bicyclic) bond motifs is 1. The van der Waals surface area contributed by atoms with Crippen LogP contribution in [0.1, 0.15) is 5.56 Å². The first-order valence-electron chi connectivity index (χ1n) is 3.42. The largest absolute Gasteiger partial charge is 0.392 e. The first-order valence-corrected chi connectivity index (χ1v) is 3.42. The lowest BCUT2D eigenvalue weighted by atomic mass is 10.2. The van der Waals surface area contributed by atoms with Gasteiger partial charge in [-0.2, -0.15) is 0 Å². The maximum atomic E-state index is 8.88. The van der Waals surface area contributed by atoms with E-state index >= 15 is 0 Å². The summed E-state index contributed by atoms with van der Waals surface area (Å²) in [6.45, 7) is 0.0734. The highest BCUT2D eigenvalue weighted by molar-refractivity contribution is 5.81. The van der Waals surface area contributed by atoms with Crippen molar-refractivity contribution in [2.45, 2.75) is 6.61 Å². The fourth-order valence-electron chi connectivity index (χ4n) is 1.16. The summed E-state index contributed by atoms with van der Waals surface area (Å²) in [4.78, 5) is 6.96. The Labute approximate surface area is 63.7 Å². The Hall–Kier alpha value is -1.35. The van der Waals surface area contributed by atoms with Crippen LogP contribution in [-0.4, -0.2) is 15.1 Å². The van der Waals surface area contributed by atoms with Gasteiger partial charge in [0.1, 0.15) is 0 Å². The van der Waals surface area contributed by atoms with Crippen LogP contribution >= 0.6 is 0 Å². The summed E-state index contributed by atoms with van der Waals surface area (Å²) in [5, 5.41) is 9.93. The summed E-state index contributed by atoms with van der Waals surface area (Å²) in [6.07, 6.45) is 5.26. The highest BCUT2D eigenvalue weighted by Gasteiger charge is 1.99. The Bertz CT molecular complexity index is 367. The van der Waals surface area contributed by atoms with Gasteiger partial charge in [-0.3, -0.25) is 4.98 Å². The summed E-state index contributed by atoms with van der Waals surface area (Å²) in [5.74, 6) is 0. The Balaban J connectivity index is 2.76. The number of nitrogens with zero attached hydrogens (tertiary/aromatic N) is 1. The summed E-state index contributed by atoms with van der Waals surface area (Å²) in [7, 11) is 0. The number of aromatic amines is 1. The van der Waals surface area contributed by atoms with E-state index in [9.17, 15) is 0 Å². The molecule has 0 atom stereocenters. The van der Waals surface area contributed by atoms with Crippen LogP contribution < -0.4 is 0 Å². The van der Waals surface area contributed by atoms with Gasteiger partial charge in [0.15, 0.2) is 0 Å². The fourth-order valence-corrected chi connectivity index (χ4v) is 1.16. The van der Waals surface area contributed by atoms with Crippen molar-refractivity contribution in [1.82, 2.24) is 9.97 Å². The molecule has 0 aliphatic carbocycles. The van der Waals surface area contributed by atoms with Crippen LogP contribution in [0.3, 0.4) is 0 Å². The molecule has 2 N–H and O–H groups in total. The highest BCUT2D eigenvalue weighted by Crippen LogP contribution is 2.15. The zero-order valence-electron chi connectivity index (χ0n) is 5.91. The monoisotopic (exact) mass is 148 g/mol. The molecule has 2 aromatic heterocycles. The van der Waals surface area contributed by atoms with Gasteiger partial charge >= 0.3 is 0 Å². The fraction of sp³-hybridized carbons (Fsp3) is 0.125. The number of nitrogens with one attached hydrogen (secondary N) is 1. The first kappa shape index (κ1) is 6.37. The lowest BCUT2D eigenvalue weighted by Gasteiger charge is -1.89. The SMILES string of the molecule is OCc1c[nH]c2cnccc12. The predicted octanol–water partition coefficient (Wildman–Crippen LogP) is 1.06. The molecule has 0 fully saturated rings. The van der Waals surface area contributed by atoms with Crippen molar-refractivity contribution in [2.24, 2.45) is 0 Å². The number of aliphatic hydroxyl groups excluding tert-OH is 1. The van der Waals surface area contributed by atoms with Crippen LogP contribution in [0.5, 0.6) is 0 Å². The summed E-state index contributed by atoms with van der Waals surface area (Å²) in [6, 6.07) is 1.89. The van der Waals surface area contributed by atoms with Crippen LogP contribution in [0, 0.1) is 0 Å². The number of aliphatic hydroxyl groups is 1. The molecule has 0 aliphatic rings. The molecule has 0 bridgehead atoms. The Morgan fingerprint density at radius 1 is 1.55 bits per heavy atom. The van der Waals surface area contributed by atoms with Crippen LogP contribution in [0.15, 0.2) is 24.7 Å². The molecule has 0 radical (unpaired) electrons. The lowest BCUT2D eigenvalue weighted by molar-refractivity contribution is 0.283. The van der Waals surface area contributed by atoms with E-state index in [0.29, 0.717) is 0 Å². The van der Waals surface area contributed by atoms with E-state index in [1.807, 2.05) is 6.07 Å². The third kappa shape index (κ3) is 0.897. The summed E-state index contributed by atoms with van der Waals surface area (Å²) < 4.78 is 0. The highest BCUT2D eigenvalue weighted by atomic mass is 16.3. The predicted molar refractivity (Wildman–Crippen MR) is 42.0 cm³/mol. The Morgan fingerprint density at radius 3 is 3.27 bits per heavy atom. The molecule has 0 saturated carbocycles. The molecule has 3 nitrogen and oxygen atoms in total. The van der Waals surface area contributed by atoms with Crippen molar-refractivity contribution in [3.8, 4) is 0 Å². The molecule has 0 spiro atoms. The number of hydrogen-bond donors (Lipinski definition) is 2. The molecule has 11 heavy (non-hydrogen) atoms. The molecule has 3 heteroatoms. The van der Waals surface area contributed by atoms with Gasteiger partial charge in [-0.05, 0) is 6.07 Å². The Kier molecular flexibility index (Phi) is 1.36. The van der Waals surface area contributed by atoms with Gasteiger partial charge < -0.3 is 10.1 Å². The molecule has 2 rings (SSSR count). The zero-order valence-corrected chi connectivity index (χ0v) is 5.91. The Morgan fingerprint density at radius 2 is 2.45 bits per heavy atom. The van der Waals surface area contributed by atoms with E-state index in [2.05, 4.69) is 9.97 Å². The third-order valence-corrected chi connectivity index (χ3v) is 1.74. The average Bonchev–Trinajstić information content (AvgIpc) is 2.47. The average molecular weight is 148 g/mol. The normalized spacial score (nSPS) is 10.6. The minimum atomic E-state index is 0.0734. The smallest absolute Gasteiger partial charge is 0.0702 e. The molecule has 0 saturated heterocycles. The first-order chi connectivity index (χ1) is 5.42. The molecule has 0 unspecified atom stereocenters. The van der Waals surface area contributed by atoms with Gasteiger partial charge in [0.2, 0.25) is 0 Å². The third-order valence-electron chi connectivity index (χ3n) is 1.74. The molecular formula is C8H8N2O.